The molecular formula is C9H14O. The summed E-state index contributed by atoms with van der Waals surface area (Å²) in [5.41, 5.74) is 0. The Morgan fingerprint density at radius 3 is 2.90 bits per heavy atom. The molecule has 1 heteroatoms. The van der Waals surface area contributed by atoms with Gasteiger partial charge in [0.25, 0.3) is 0 Å². The lowest BCUT2D eigenvalue weighted by Gasteiger charge is -2.21. The molecule has 1 nitrogen and oxygen atoms in total. The molecule has 10 heavy (non-hydrogen) atoms. The Balaban J connectivity index is 2.13. The molecule has 56 valence electrons. The number of aliphatic hydroxyl groups excluding tert-OH is 1. The van der Waals surface area contributed by atoms with Gasteiger partial charge in [-0.25, -0.2) is 0 Å². The summed E-state index contributed by atoms with van der Waals surface area (Å²) in [4.78, 5) is 0. The van der Waals surface area contributed by atoms with Gasteiger partial charge >= 0.3 is 0 Å². The predicted octanol–water partition coefficient (Wildman–Crippen LogP) is 1.72. The number of hydrogen-bond donors (Lipinski definition) is 1. The Labute approximate surface area is 61.8 Å². The van der Waals surface area contributed by atoms with Crippen LogP contribution in [0.2, 0.25) is 0 Å². The quantitative estimate of drug-likeness (QED) is 0.505. The van der Waals surface area contributed by atoms with E-state index >= 15 is 0 Å². The minimum Gasteiger partial charge on any atom is -0.393 e. The van der Waals surface area contributed by atoms with Gasteiger partial charge in [-0.2, -0.15) is 0 Å². The van der Waals surface area contributed by atoms with Crippen LogP contribution in [0.15, 0.2) is 12.2 Å². The van der Waals surface area contributed by atoms with Gasteiger partial charge in [0.05, 0.1) is 6.10 Å². The van der Waals surface area contributed by atoms with Crippen LogP contribution in [-0.2, 0) is 0 Å². The van der Waals surface area contributed by atoms with Crippen molar-refractivity contribution in [1.82, 2.24) is 0 Å². The molecule has 0 saturated heterocycles. The molecule has 0 unspecified atom stereocenters. The summed E-state index contributed by atoms with van der Waals surface area (Å²) in [6.07, 6.45) is 9.21. The van der Waals surface area contributed by atoms with Crippen LogP contribution in [0.1, 0.15) is 25.7 Å². The molecule has 0 aliphatic heterocycles. The highest BCUT2D eigenvalue weighted by Gasteiger charge is 2.33. The fraction of sp³-hybridized carbons (Fsp3) is 0.778. The van der Waals surface area contributed by atoms with E-state index in [0.29, 0.717) is 5.92 Å². The van der Waals surface area contributed by atoms with Crippen LogP contribution in [0, 0.1) is 11.8 Å². The average molecular weight is 138 g/mol. The van der Waals surface area contributed by atoms with Crippen LogP contribution in [0.25, 0.3) is 0 Å². The Hall–Kier alpha value is -0.300. The molecule has 2 rings (SSSR count). The minimum atomic E-state index is -0.0263. The maximum atomic E-state index is 9.47. The molecule has 0 heterocycles. The molecule has 0 amide bonds. The van der Waals surface area contributed by atoms with Gasteiger partial charge < -0.3 is 5.11 Å². The highest BCUT2D eigenvalue weighted by Crippen LogP contribution is 2.38. The van der Waals surface area contributed by atoms with Crippen LogP contribution in [0.5, 0.6) is 0 Å². The Kier molecular flexibility index (Phi) is 1.53. The van der Waals surface area contributed by atoms with Gasteiger partial charge in [-0.05, 0) is 31.6 Å². The third-order valence-corrected chi connectivity index (χ3v) is 2.88. The molecule has 0 radical (unpaired) electrons. The number of rotatable bonds is 0. The summed E-state index contributed by atoms with van der Waals surface area (Å²) < 4.78 is 0. The first-order valence-electron chi connectivity index (χ1n) is 4.22. The van der Waals surface area contributed by atoms with Crippen LogP contribution in [0.3, 0.4) is 0 Å². The maximum absolute atomic E-state index is 9.47. The van der Waals surface area contributed by atoms with Crippen molar-refractivity contribution >= 4 is 0 Å². The summed E-state index contributed by atoms with van der Waals surface area (Å²) in [7, 11) is 0. The van der Waals surface area contributed by atoms with Crippen molar-refractivity contribution in [3.8, 4) is 0 Å². The zero-order chi connectivity index (χ0) is 6.97. The van der Waals surface area contributed by atoms with Gasteiger partial charge in [0, 0.05) is 5.92 Å². The van der Waals surface area contributed by atoms with E-state index in [1.54, 1.807) is 0 Å². The average Bonchev–Trinajstić information content (AvgIpc) is 2.34. The smallest absolute Gasteiger partial charge is 0.0605 e. The van der Waals surface area contributed by atoms with E-state index in [2.05, 4.69) is 12.2 Å². The highest BCUT2D eigenvalue weighted by molar-refractivity contribution is 5.03. The van der Waals surface area contributed by atoms with Gasteiger partial charge in [0.2, 0.25) is 0 Å². The molecule has 1 fully saturated rings. The van der Waals surface area contributed by atoms with Crippen molar-refractivity contribution in [2.45, 2.75) is 31.8 Å². The lowest BCUT2D eigenvalue weighted by atomic mass is 9.86. The van der Waals surface area contributed by atoms with Crippen molar-refractivity contribution < 1.29 is 5.11 Å². The molecule has 2 aliphatic rings. The van der Waals surface area contributed by atoms with Crippen molar-refractivity contribution in [3.05, 3.63) is 12.2 Å². The molecule has 0 aromatic rings. The van der Waals surface area contributed by atoms with Crippen molar-refractivity contribution in [2.24, 2.45) is 11.8 Å². The van der Waals surface area contributed by atoms with Crippen molar-refractivity contribution in [3.63, 3.8) is 0 Å². The normalized spacial score (nSPS) is 45.5. The Bertz CT molecular complexity index is 151. The minimum absolute atomic E-state index is 0.0263. The van der Waals surface area contributed by atoms with Crippen LogP contribution < -0.4 is 0 Å². The zero-order valence-corrected chi connectivity index (χ0v) is 6.16. The van der Waals surface area contributed by atoms with Gasteiger partial charge in [0.15, 0.2) is 0 Å². The van der Waals surface area contributed by atoms with E-state index in [1.807, 2.05) is 0 Å². The number of hydrogen-bond acceptors (Lipinski definition) is 1. The molecular weight excluding hydrogens is 124 g/mol. The van der Waals surface area contributed by atoms with E-state index in [-0.39, 0.29) is 6.10 Å². The van der Waals surface area contributed by atoms with Crippen molar-refractivity contribution in [2.75, 3.05) is 0 Å². The summed E-state index contributed by atoms with van der Waals surface area (Å²) >= 11 is 0. The third kappa shape index (κ3) is 0.891. The molecule has 3 atom stereocenters. The number of allylic oxidation sites excluding steroid dienone is 1. The second kappa shape index (κ2) is 2.39. The summed E-state index contributed by atoms with van der Waals surface area (Å²) in [5.74, 6) is 1.31. The van der Waals surface area contributed by atoms with Crippen LogP contribution >= 0.6 is 0 Å². The number of fused-ring (bicyclic) bond motifs is 1. The first kappa shape index (κ1) is 6.41. The highest BCUT2D eigenvalue weighted by atomic mass is 16.3. The maximum Gasteiger partial charge on any atom is 0.0605 e. The Morgan fingerprint density at radius 1 is 1.20 bits per heavy atom. The largest absolute Gasteiger partial charge is 0.393 e. The van der Waals surface area contributed by atoms with E-state index < -0.39 is 0 Å². The van der Waals surface area contributed by atoms with Gasteiger partial charge in [-0.3, -0.25) is 0 Å². The molecule has 0 aromatic heterocycles. The monoisotopic (exact) mass is 138 g/mol. The number of aliphatic hydroxyl groups is 1. The fourth-order valence-corrected chi connectivity index (χ4v) is 2.27. The molecule has 1 N–H and O–H groups in total. The molecule has 0 bridgehead atoms. The van der Waals surface area contributed by atoms with E-state index in [4.69, 9.17) is 0 Å². The fourth-order valence-electron chi connectivity index (χ4n) is 2.27. The lowest BCUT2D eigenvalue weighted by Crippen LogP contribution is -2.18. The second-order valence-corrected chi connectivity index (χ2v) is 3.49. The molecule has 0 aromatic carbocycles. The van der Waals surface area contributed by atoms with Gasteiger partial charge in [-0.1, -0.05) is 12.2 Å². The first-order valence-corrected chi connectivity index (χ1v) is 4.22. The first-order chi connectivity index (χ1) is 4.88. The molecule has 2 aliphatic carbocycles. The summed E-state index contributed by atoms with van der Waals surface area (Å²) in [6, 6.07) is 0. The zero-order valence-electron chi connectivity index (χ0n) is 6.16. The molecule has 1 saturated carbocycles. The van der Waals surface area contributed by atoms with E-state index in [0.717, 1.165) is 12.3 Å². The van der Waals surface area contributed by atoms with E-state index in [9.17, 15) is 5.11 Å². The Morgan fingerprint density at radius 2 is 2.10 bits per heavy atom. The van der Waals surface area contributed by atoms with Gasteiger partial charge in [0.1, 0.15) is 0 Å². The predicted molar refractivity (Wildman–Crippen MR) is 40.6 cm³/mol. The van der Waals surface area contributed by atoms with E-state index in [1.165, 1.54) is 19.3 Å². The lowest BCUT2D eigenvalue weighted by molar-refractivity contribution is 0.138. The standard InChI is InChI=1S/C9H14O/c10-9-6-5-7-3-1-2-4-8(7)9/h2,4,7-10H,1,3,5-6H2/t7-,8+,9+/m1/s1. The topological polar surface area (TPSA) is 20.2 Å². The summed E-state index contributed by atoms with van der Waals surface area (Å²) in [5, 5.41) is 9.47. The second-order valence-electron chi connectivity index (χ2n) is 3.49. The van der Waals surface area contributed by atoms with Crippen LogP contribution in [-0.4, -0.2) is 11.2 Å². The summed E-state index contributed by atoms with van der Waals surface area (Å²) in [6.45, 7) is 0. The third-order valence-electron chi connectivity index (χ3n) is 2.88. The van der Waals surface area contributed by atoms with Crippen molar-refractivity contribution in [1.29, 1.82) is 0 Å². The van der Waals surface area contributed by atoms with Crippen LogP contribution in [0.4, 0.5) is 0 Å². The molecule has 0 spiro atoms. The SMILES string of the molecule is O[C@H]1CC[C@H]2CCC=C[C@@H]21. The van der Waals surface area contributed by atoms with Gasteiger partial charge in [-0.15, -0.1) is 0 Å².